The van der Waals surface area contributed by atoms with Gasteiger partial charge in [-0.05, 0) is 56.2 Å². The van der Waals surface area contributed by atoms with E-state index in [1.54, 1.807) is 35.1 Å². The first-order chi connectivity index (χ1) is 13.6. The molecule has 0 atom stereocenters. The molecule has 2 aromatic carbocycles. The number of hydrogen-bond acceptors (Lipinski definition) is 3. The number of nitrogens with one attached hydrogen (secondary N) is 3. The Bertz CT molecular complexity index is 991. The number of amides is 3. The molecule has 1 aromatic heterocycles. The van der Waals surface area contributed by atoms with Gasteiger partial charge >= 0.3 is 6.03 Å². The zero-order chi connectivity index (χ0) is 19.5. The van der Waals surface area contributed by atoms with Crippen molar-refractivity contribution in [3.63, 3.8) is 0 Å². The van der Waals surface area contributed by atoms with Gasteiger partial charge in [-0.2, -0.15) is 5.10 Å². The number of anilines is 2. The highest BCUT2D eigenvalue weighted by Gasteiger charge is 2.23. The number of carbonyl (C=O) groups is 2. The lowest BCUT2D eigenvalue weighted by Crippen LogP contribution is -2.30. The third kappa shape index (κ3) is 4.03. The van der Waals surface area contributed by atoms with Crippen LogP contribution in [0, 0.1) is 6.92 Å². The van der Waals surface area contributed by atoms with Gasteiger partial charge in [0, 0.05) is 17.4 Å². The molecule has 7 heteroatoms. The standard InChI is InChI=1S/C21H21N5O2/c1-14-19(13-22-26(14)18-5-3-2-4-6-18)20(27)23-15-7-9-16(10-8-15)24-21(28)25-17-11-12-17/h2-10,13,17H,11-12H2,1H3,(H,23,27)(H2,24,25,28). The number of rotatable bonds is 5. The molecule has 142 valence electrons. The van der Waals surface area contributed by atoms with Crippen LogP contribution in [0.1, 0.15) is 28.9 Å². The molecule has 4 rings (SSSR count). The quantitative estimate of drug-likeness (QED) is 0.635. The summed E-state index contributed by atoms with van der Waals surface area (Å²) in [5.41, 5.74) is 3.49. The van der Waals surface area contributed by atoms with Crippen LogP contribution in [-0.4, -0.2) is 27.8 Å². The zero-order valence-corrected chi connectivity index (χ0v) is 15.5. The molecule has 1 heterocycles. The second-order valence-electron chi connectivity index (χ2n) is 6.80. The van der Waals surface area contributed by atoms with Crippen molar-refractivity contribution in [2.75, 3.05) is 10.6 Å². The molecule has 0 unspecified atom stereocenters. The van der Waals surface area contributed by atoms with Crippen molar-refractivity contribution in [1.82, 2.24) is 15.1 Å². The Labute approximate surface area is 162 Å². The highest BCUT2D eigenvalue weighted by atomic mass is 16.2. The van der Waals surface area contributed by atoms with E-state index in [-0.39, 0.29) is 11.9 Å². The molecule has 0 radical (unpaired) electrons. The largest absolute Gasteiger partial charge is 0.335 e. The van der Waals surface area contributed by atoms with Gasteiger partial charge in [0.2, 0.25) is 0 Å². The van der Waals surface area contributed by atoms with Crippen LogP contribution in [0.5, 0.6) is 0 Å². The maximum atomic E-state index is 12.6. The van der Waals surface area contributed by atoms with Crippen LogP contribution in [0.3, 0.4) is 0 Å². The summed E-state index contributed by atoms with van der Waals surface area (Å²) in [7, 11) is 0. The minimum absolute atomic E-state index is 0.205. The van der Waals surface area contributed by atoms with Crippen molar-refractivity contribution in [3.05, 3.63) is 72.1 Å². The highest BCUT2D eigenvalue weighted by molar-refractivity contribution is 6.05. The molecule has 0 saturated heterocycles. The van der Waals surface area contributed by atoms with E-state index in [9.17, 15) is 9.59 Å². The number of para-hydroxylation sites is 1. The van der Waals surface area contributed by atoms with E-state index >= 15 is 0 Å². The molecule has 3 amide bonds. The molecule has 28 heavy (non-hydrogen) atoms. The fourth-order valence-corrected chi connectivity index (χ4v) is 2.88. The summed E-state index contributed by atoms with van der Waals surface area (Å²) in [5.74, 6) is -0.230. The number of aromatic nitrogens is 2. The van der Waals surface area contributed by atoms with Crippen LogP contribution in [0.15, 0.2) is 60.8 Å². The monoisotopic (exact) mass is 375 g/mol. The minimum Gasteiger partial charge on any atom is -0.335 e. The average molecular weight is 375 g/mol. The van der Waals surface area contributed by atoms with Gasteiger partial charge in [-0.15, -0.1) is 0 Å². The molecular weight excluding hydrogens is 354 g/mol. The van der Waals surface area contributed by atoms with Crippen LogP contribution in [-0.2, 0) is 0 Å². The summed E-state index contributed by atoms with van der Waals surface area (Å²) in [5, 5.41) is 12.8. The molecule has 0 spiro atoms. The molecule has 1 fully saturated rings. The molecule has 0 aliphatic heterocycles. The van der Waals surface area contributed by atoms with Gasteiger partial charge in [-0.25, -0.2) is 9.48 Å². The molecule has 1 saturated carbocycles. The summed E-state index contributed by atoms with van der Waals surface area (Å²) in [6, 6.07) is 16.8. The Morgan fingerprint density at radius 1 is 0.964 bits per heavy atom. The lowest BCUT2D eigenvalue weighted by Gasteiger charge is -2.09. The van der Waals surface area contributed by atoms with E-state index < -0.39 is 0 Å². The molecule has 3 N–H and O–H groups in total. The van der Waals surface area contributed by atoms with Crippen LogP contribution in [0.2, 0.25) is 0 Å². The summed E-state index contributed by atoms with van der Waals surface area (Å²) in [6.45, 7) is 1.86. The van der Waals surface area contributed by atoms with E-state index in [0.29, 0.717) is 23.0 Å². The first-order valence-corrected chi connectivity index (χ1v) is 9.19. The first-order valence-electron chi connectivity index (χ1n) is 9.19. The summed E-state index contributed by atoms with van der Waals surface area (Å²) < 4.78 is 1.74. The summed E-state index contributed by atoms with van der Waals surface area (Å²) >= 11 is 0. The Balaban J connectivity index is 1.41. The Hall–Kier alpha value is -3.61. The van der Waals surface area contributed by atoms with E-state index in [2.05, 4.69) is 21.0 Å². The van der Waals surface area contributed by atoms with E-state index in [4.69, 9.17) is 0 Å². The van der Waals surface area contributed by atoms with Crippen molar-refractivity contribution in [3.8, 4) is 5.69 Å². The molecule has 1 aliphatic carbocycles. The number of hydrogen-bond donors (Lipinski definition) is 3. The fourth-order valence-electron chi connectivity index (χ4n) is 2.88. The SMILES string of the molecule is Cc1c(C(=O)Nc2ccc(NC(=O)NC3CC3)cc2)cnn1-c1ccccc1. The molecule has 3 aromatic rings. The van der Waals surface area contributed by atoms with Gasteiger partial charge < -0.3 is 16.0 Å². The van der Waals surface area contributed by atoms with Gasteiger partial charge in [0.15, 0.2) is 0 Å². The van der Waals surface area contributed by atoms with Crippen LogP contribution >= 0.6 is 0 Å². The predicted octanol–water partition coefficient (Wildman–Crippen LogP) is 3.72. The topological polar surface area (TPSA) is 88.1 Å². The van der Waals surface area contributed by atoms with Crippen LogP contribution < -0.4 is 16.0 Å². The average Bonchev–Trinajstić information content (AvgIpc) is 3.42. The van der Waals surface area contributed by atoms with Gasteiger partial charge in [0.25, 0.3) is 5.91 Å². The zero-order valence-electron chi connectivity index (χ0n) is 15.5. The van der Waals surface area contributed by atoms with Gasteiger partial charge in [0.1, 0.15) is 0 Å². The Kier molecular flexibility index (Phi) is 4.80. The van der Waals surface area contributed by atoms with E-state index in [1.165, 1.54) is 0 Å². The summed E-state index contributed by atoms with van der Waals surface area (Å²) in [6.07, 6.45) is 3.65. The van der Waals surface area contributed by atoms with E-state index in [0.717, 1.165) is 24.2 Å². The van der Waals surface area contributed by atoms with Crippen molar-refractivity contribution in [2.45, 2.75) is 25.8 Å². The Morgan fingerprint density at radius 3 is 2.25 bits per heavy atom. The van der Waals surface area contributed by atoms with E-state index in [1.807, 2.05) is 37.3 Å². The predicted molar refractivity (Wildman–Crippen MR) is 108 cm³/mol. The molecule has 0 bridgehead atoms. The maximum Gasteiger partial charge on any atom is 0.319 e. The third-order valence-electron chi connectivity index (χ3n) is 4.57. The van der Waals surface area contributed by atoms with Crippen molar-refractivity contribution >= 4 is 23.3 Å². The van der Waals surface area contributed by atoms with Crippen LogP contribution in [0.25, 0.3) is 5.69 Å². The number of urea groups is 1. The van der Waals surface area contributed by atoms with Crippen molar-refractivity contribution in [2.24, 2.45) is 0 Å². The minimum atomic E-state index is -0.230. The number of carbonyl (C=O) groups excluding carboxylic acids is 2. The molecular formula is C21H21N5O2. The van der Waals surface area contributed by atoms with Crippen LogP contribution in [0.4, 0.5) is 16.2 Å². The molecule has 1 aliphatic rings. The maximum absolute atomic E-state index is 12.6. The normalized spacial score (nSPS) is 13.0. The lowest BCUT2D eigenvalue weighted by molar-refractivity contribution is 0.102. The third-order valence-corrected chi connectivity index (χ3v) is 4.57. The fraction of sp³-hybridized carbons (Fsp3) is 0.190. The highest BCUT2D eigenvalue weighted by Crippen LogP contribution is 2.20. The van der Waals surface area contributed by atoms with Gasteiger partial charge in [0.05, 0.1) is 23.1 Å². The summed E-state index contributed by atoms with van der Waals surface area (Å²) in [4.78, 5) is 24.4. The second kappa shape index (κ2) is 7.56. The number of nitrogens with zero attached hydrogens (tertiary/aromatic N) is 2. The number of benzene rings is 2. The first kappa shape index (κ1) is 17.8. The van der Waals surface area contributed by atoms with Crippen molar-refractivity contribution < 1.29 is 9.59 Å². The Morgan fingerprint density at radius 2 is 1.61 bits per heavy atom. The van der Waals surface area contributed by atoms with Crippen molar-refractivity contribution in [1.29, 1.82) is 0 Å². The lowest BCUT2D eigenvalue weighted by atomic mass is 10.2. The van der Waals surface area contributed by atoms with Gasteiger partial charge in [-0.3, -0.25) is 4.79 Å². The second-order valence-corrected chi connectivity index (χ2v) is 6.80. The van der Waals surface area contributed by atoms with Gasteiger partial charge in [-0.1, -0.05) is 18.2 Å². The smallest absolute Gasteiger partial charge is 0.319 e. The molecule has 7 nitrogen and oxygen atoms in total.